The van der Waals surface area contributed by atoms with Gasteiger partial charge in [0.1, 0.15) is 0 Å². The molecule has 1 aromatic heterocycles. The maximum absolute atomic E-state index is 11.0. The Morgan fingerprint density at radius 1 is 1.38 bits per heavy atom. The Hall–Kier alpha value is -1.77. The lowest BCUT2D eigenvalue weighted by molar-refractivity contribution is -0.141. The number of carboxylic acids is 1. The van der Waals surface area contributed by atoms with E-state index in [9.17, 15) is 4.79 Å². The van der Waals surface area contributed by atoms with Gasteiger partial charge in [-0.1, -0.05) is 18.2 Å². The van der Waals surface area contributed by atoms with Crippen LogP contribution in [-0.2, 0) is 24.7 Å². The molecule has 82 valence electrons. The molecule has 0 saturated carbocycles. The Kier molecular flexibility index (Phi) is 1.84. The van der Waals surface area contributed by atoms with Crippen molar-refractivity contribution in [1.82, 2.24) is 4.57 Å². The first kappa shape index (κ1) is 9.46. The van der Waals surface area contributed by atoms with Crippen molar-refractivity contribution in [2.75, 3.05) is 0 Å². The topological polar surface area (TPSA) is 42.2 Å². The molecule has 3 heteroatoms. The molecule has 3 nitrogen and oxygen atoms in total. The summed E-state index contributed by atoms with van der Waals surface area (Å²) in [6, 6.07) is 8.20. The lowest BCUT2D eigenvalue weighted by Gasteiger charge is -2.04. The van der Waals surface area contributed by atoms with Crippen LogP contribution in [0.1, 0.15) is 11.3 Å². The zero-order valence-corrected chi connectivity index (χ0v) is 9.10. The van der Waals surface area contributed by atoms with Gasteiger partial charge in [0.05, 0.1) is 5.92 Å². The molecule has 1 heterocycles. The van der Waals surface area contributed by atoms with E-state index in [1.807, 2.05) is 19.2 Å². The van der Waals surface area contributed by atoms with Crippen LogP contribution in [0.5, 0.6) is 0 Å². The molecule has 0 saturated heterocycles. The second-order valence-corrected chi connectivity index (χ2v) is 4.44. The quantitative estimate of drug-likeness (QED) is 0.790. The lowest BCUT2D eigenvalue weighted by atomic mass is 10.1. The van der Waals surface area contributed by atoms with Crippen molar-refractivity contribution in [2.45, 2.75) is 12.8 Å². The van der Waals surface area contributed by atoms with E-state index in [2.05, 4.69) is 16.7 Å². The molecule has 0 fully saturated rings. The van der Waals surface area contributed by atoms with Crippen molar-refractivity contribution in [2.24, 2.45) is 13.0 Å². The fourth-order valence-corrected chi connectivity index (χ4v) is 2.74. The van der Waals surface area contributed by atoms with Crippen molar-refractivity contribution < 1.29 is 9.90 Å². The largest absolute Gasteiger partial charge is 0.481 e. The molecule has 1 N–H and O–H groups in total. The monoisotopic (exact) mass is 215 g/mol. The zero-order valence-electron chi connectivity index (χ0n) is 9.10. The third kappa shape index (κ3) is 1.11. The highest BCUT2D eigenvalue weighted by Crippen LogP contribution is 2.34. The molecular weight excluding hydrogens is 202 g/mol. The van der Waals surface area contributed by atoms with Crippen LogP contribution in [0.3, 0.4) is 0 Å². The molecule has 0 bridgehead atoms. The Morgan fingerprint density at radius 2 is 2.12 bits per heavy atom. The van der Waals surface area contributed by atoms with Gasteiger partial charge < -0.3 is 9.67 Å². The number of fused-ring (bicyclic) bond motifs is 3. The second-order valence-electron chi connectivity index (χ2n) is 4.44. The van der Waals surface area contributed by atoms with Crippen LogP contribution in [0.25, 0.3) is 10.9 Å². The number of aromatic nitrogens is 1. The van der Waals surface area contributed by atoms with Crippen molar-refractivity contribution in [3.8, 4) is 0 Å². The minimum atomic E-state index is -0.680. The summed E-state index contributed by atoms with van der Waals surface area (Å²) in [6.45, 7) is 0. The van der Waals surface area contributed by atoms with Crippen molar-refractivity contribution in [1.29, 1.82) is 0 Å². The molecule has 0 spiro atoms. The van der Waals surface area contributed by atoms with E-state index in [-0.39, 0.29) is 5.92 Å². The van der Waals surface area contributed by atoms with Crippen LogP contribution < -0.4 is 0 Å². The highest BCUT2D eigenvalue weighted by molar-refractivity contribution is 5.87. The third-order valence-corrected chi connectivity index (χ3v) is 3.58. The Bertz CT molecular complexity index is 583. The smallest absolute Gasteiger partial charge is 0.307 e. The first-order chi connectivity index (χ1) is 7.68. The van der Waals surface area contributed by atoms with E-state index in [0.717, 1.165) is 0 Å². The normalized spacial score (nSPS) is 18.9. The first-order valence-electron chi connectivity index (χ1n) is 5.46. The Balaban J connectivity index is 2.20. The molecule has 16 heavy (non-hydrogen) atoms. The molecule has 1 atom stereocenters. The summed E-state index contributed by atoms with van der Waals surface area (Å²) < 4.78 is 2.13. The van der Waals surface area contributed by atoms with E-state index >= 15 is 0 Å². The van der Waals surface area contributed by atoms with E-state index < -0.39 is 5.97 Å². The van der Waals surface area contributed by atoms with E-state index in [1.54, 1.807) is 0 Å². The SMILES string of the molecule is Cn1c2c(c3ccccc31)C[C@H](C(=O)O)C2. The van der Waals surface area contributed by atoms with Gasteiger partial charge in [0.25, 0.3) is 0 Å². The number of nitrogens with zero attached hydrogens (tertiary/aromatic N) is 1. The summed E-state index contributed by atoms with van der Waals surface area (Å²) in [5.41, 5.74) is 3.62. The fourth-order valence-electron chi connectivity index (χ4n) is 2.74. The maximum atomic E-state index is 11.0. The van der Waals surface area contributed by atoms with E-state index in [0.29, 0.717) is 12.8 Å². The summed E-state index contributed by atoms with van der Waals surface area (Å²) in [6.07, 6.45) is 1.34. The van der Waals surface area contributed by atoms with Crippen LogP contribution in [-0.4, -0.2) is 15.6 Å². The second kappa shape index (κ2) is 3.11. The van der Waals surface area contributed by atoms with Gasteiger partial charge in [0.2, 0.25) is 0 Å². The average Bonchev–Trinajstić information content (AvgIpc) is 2.81. The molecule has 1 aliphatic rings. The first-order valence-corrected chi connectivity index (χ1v) is 5.46. The Labute approximate surface area is 93.3 Å². The summed E-state index contributed by atoms with van der Waals surface area (Å²) >= 11 is 0. The number of carbonyl (C=O) groups is 1. The molecule has 3 rings (SSSR count). The summed E-state index contributed by atoms with van der Waals surface area (Å²) in [7, 11) is 2.02. The zero-order chi connectivity index (χ0) is 11.3. The maximum Gasteiger partial charge on any atom is 0.307 e. The van der Waals surface area contributed by atoms with Crippen LogP contribution >= 0.6 is 0 Å². The van der Waals surface area contributed by atoms with Gasteiger partial charge in [-0.05, 0) is 18.1 Å². The van der Waals surface area contributed by atoms with Crippen molar-refractivity contribution in [3.05, 3.63) is 35.5 Å². The van der Waals surface area contributed by atoms with Crippen LogP contribution in [0, 0.1) is 5.92 Å². The van der Waals surface area contributed by atoms with Crippen molar-refractivity contribution >= 4 is 16.9 Å². The van der Waals surface area contributed by atoms with Crippen LogP contribution in [0.4, 0.5) is 0 Å². The fraction of sp³-hybridized carbons (Fsp3) is 0.308. The number of hydrogen-bond donors (Lipinski definition) is 1. The van der Waals surface area contributed by atoms with Gasteiger partial charge in [-0.3, -0.25) is 4.79 Å². The Morgan fingerprint density at radius 3 is 2.88 bits per heavy atom. The van der Waals surface area contributed by atoms with Crippen LogP contribution in [0.2, 0.25) is 0 Å². The average molecular weight is 215 g/mol. The highest BCUT2D eigenvalue weighted by Gasteiger charge is 2.31. The minimum Gasteiger partial charge on any atom is -0.481 e. The summed E-state index contributed by atoms with van der Waals surface area (Å²) in [5, 5.41) is 10.3. The third-order valence-electron chi connectivity index (χ3n) is 3.58. The minimum absolute atomic E-state index is 0.235. The van der Waals surface area contributed by atoms with Crippen LogP contribution in [0.15, 0.2) is 24.3 Å². The molecule has 1 aromatic carbocycles. The van der Waals surface area contributed by atoms with Gasteiger partial charge in [-0.2, -0.15) is 0 Å². The molecule has 2 aromatic rings. The van der Waals surface area contributed by atoms with Gasteiger partial charge in [-0.15, -0.1) is 0 Å². The standard InChI is InChI=1S/C13H13NO2/c1-14-11-5-3-2-4-9(11)10-6-8(13(15)16)7-12(10)14/h2-5,8H,6-7H2,1H3,(H,15,16)/t8-/m0/s1. The summed E-state index contributed by atoms with van der Waals surface area (Å²) in [5.74, 6) is -0.916. The number of hydrogen-bond acceptors (Lipinski definition) is 1. The molecule has 0 amide bonds. The van der Waals surface area contributed by atoms with Gasteiger partial charge in [-0.25, -0.2) is 0 Å². The predicted molar refractivity (Wildman–Crippen MR) is 61.5 cm³/mol. The molecule has 0 radical (unpaired) electrons. The van der Waals surface area contributed by atoms with Gasteiger partial charge in [0, 0.05) is 30.1 Å². The number of para-hydroxylation sites is 1. The van der Waals surface area contributed by atoms with Gasteiger partial charge in [0.15, 0.2) is 0 Å². The molecule has 1 aliphatic carbocycles. The predicted octanol–water partition coefficient (Wildman–Crippen LogP) is 1.98. The number of rotatable bonds is 1. The molecule has 0 aliphatic heterocycles. The number of aliphatic carboxylic acids is 1. The lowest BCUT2D eigenvalue weighted by Crippen LogP contribution is -2.14. The molecule has 0 unspecified atom stereocenters. The number of benzene rings is 1. The summed E-state index contributed by atoms with van der Waals surface area (Å²) in [4.78, 5) is 11.0. The van der Waals surface area contributed by atoms with E-state index in [4.69, 9.17) is 5.11 Å². The number of aryl methyl sites for hydroxylation is 1. The van der Waals surface area contributed by atoms with Gasteiger partial charge >= 0.3 is 5.97 Å². The van der Waals surface area contributed by atoms with Crippen molar-refractivity contribution in [3.63, 3.8) is 0 Å². The number of carboxylic acid groups (broad SMARTS) is 1. The van der Waals surface area contributed by atoms with E-state index in [1.165, 1.54) is 22.2 Å². The highest BCUT2D eigenvalue weighted by atomic mass is 16.4. The molecular formula is C13H13NO2.